The zero-order chi connectivity index (χ0) is 15.8. The zero-order valence-corrected chi connectivity index (χ0v) is 13.1. The molecule has 2 amide bonds. The topological polar surface area (TPSA) is 68.2 Å². The molecule has 0 saturated carbocycles. The number of aromatic nitrogens is 2. The molecule has 2 rings (SSSR count). The highest BCUT2D eigenvalue weighted by atomic mass is 35.5. The van der Waals surface area contributed by atoms with E-state index in [0.717, 1.165) is 12.1 Å². The molecule has 1 heterocycles. The van der Waals surface area contributed by atoms with Crippen molar-refractivity contribution in [2.45, 2.75) is 13.3 Å². The van der Waals surface area contributed by atoms with Gasteiger partial charge in [0.1, 0.15) is 0 Å². The van der Waals surface area contributed by atoms with Crippen molar-refractivity contribution in [2.24, 2.45) is 0 Å². The van der Waals surface area contributed by atoms with Crippen LogP contribution in [0.3, 0.4) is 0 Å². The average Bonchev–Trinajstić information content (AvgIpc) is 3.01. The summed E-state index contributed by atoms with van der Waals surface area (Å²) in [6, 6.07) is 5.06. The molecule has 0 unspecified atom stereocenters. The van der Waals surface area contributed by atoms with Crippen LogP contribution in [0.25, 0.3) is 5.69 Å². The van der Waals surface area contributed by atoms with Crippen LogP contribution >= 0.6 is 11.6 Å². The van der Waals surface area contributed by atoms with Crippen molar-refractivity contribution < 1.29 is 9.53 Å². The van der Waals surface area contributed by atoms with Crippen LogP contribution in [0.15, 0.2) is 36.9 Å². The average molecular weight is 323 g/mol. The molecule has 2 aromatic rings. The number of halogens is 1. The van der Waals surface area contributed by atoms with Gasteiger partial charge in [0.15, 0.2) is 0 Å². The zero-order valence-electron chi connectivity index (χ0n) is 12.4. The summed E-state index contributed by atoms with van der Waals surface area (Å²) in [6.07, 6.45) is 5.93. The van der Waals surface area contributed by atoms with E-state index in [2.05, 4.69) is 15.6 Å². The van der Waals surface area contributed by atoms with E-state index in [9.17, 15) is 4.79 Å². The molecule has 0 aliphatic heterocycles. The number of benzene rings is 1. The Hall–Kier alpha value is -2.05. The van der Waals surface area contributed by atoms with Crippen LogP contribution in [0.5, 0.6) is 0 Å². The summed E-state index contributed by atoms with van der Waals surface area (Å²) in [5.74, 6) is 0. The molecule has 2 N–H and O–H groups in total. The number of hydrogen-bond donors (Lipinski definition) is 2. The lowest BCUT2D eigenvalue weighted by molar-refractivity contribution is 0.145. The third-order valence-corrected chi connectivity index (χ3v) is 3.25. The molecule has 6 nitrogen and oxygen atoms in total. The summed E-state index contributed by atoms with van der Waals surface area (Å²) in [6.45, 7) is 3.83. The number of urea groups is 1. The summed E-state index contributed by atoms with van der Waals surface area (Å²) < 4.78 is 7.01. The molecule has 22 heavy (non-hydrogen) atoms. The largest absolute Gasteiger partial charge is 0.382 e. The first-order chi connectivity index (χ1) is 10.7. The SMILES string of the molecule is CCOCCCNC(=O)Nc1ccc(-n2ccnc2)c(Cl)c1. The number of imidazole rings is 1. The third kappa shape index (κ3) is 4.75. The van der Waals surface area contributed by atoms with Gasteiger partial charge < -0.3 is 19.9 Å². The number of ether oxygens (including phenoxy) is 1. The molecule has 0 spiro atoms. The predicted molar refractivity (Wildman–Crippen MR) is 86.7 cm³/mol. The van der Waals surface area contributed by atoms with Gasteiger partial charge in [0.05, 0.1) is 17.0 Å². The van der Waals surface area contributed by atoms with Gasteiger partial charge in [-0.3, -0.25) is 0 Å². The fraction of sp³-hybridized carbons (Fsp3) is 0.333. The van der Waals surface area contributed by atoms with Gasteiger partial charge in [-0.25, -0.2) is 9.78 Å². The first kappa shape index (κ1) is 16.3. The van der Waals surface area contributed by atoms with Crippen LogP contribution in [0.4, 0.5) is 10.5 Å². The van der Waals surface area contributed by atoms with Crippen molar-refractivity contribution in [3.8, 4) is 5.69 Å². The quantitative estimate of drug-likeness (QED) is 0.770. The molecule has 0 bridgehead atoms. The fourth-order valence-corrected chi connectivity index (χ4v) is 2.17. The van der Waals surface area contributed by atoms with Crippen molar-refractivity contribution in [2.75, 3.05) is 25.1 Å². The van der Waals surface area contributed by atoms with E-state index in [1.54, 1.807) is 35.4 Å². The standard InChI is InChI=1S/C15H19ClN4O2/c1-2-22-9-3-6-18-15(21)19-12-4-5-14(13(16)10-12)20-8-7-17-11-20/h4-5,7-8,10-11H,2-3,6,9H2,1H3,(H2,18,19,21). The van der Waals surface area contributed by atoms with Crippen molar-refractivity contribution >= 4 is 23.3 Å². The Morgan fingerprint density at radius 2 is 2.32 bits per heavy atom. The number of nitrogens with zero attached hydrogens (tertiary/aromatic N) is 2. The summed E-state index contributed by atoms with van der Waals surface area (Å²) in [4.78, 5) is 15.7. The highest BCUT2D eigenvalue weighted by Crippen LogP contribution is 2.24. The Kier molecular flexibility index (Phi) is 6.24. The number of rotatable bonds is 7. The van der Waals surface area contributed by atoms with Gasteiger partial charge in [0.2, 0.25) is 0 Å². The van der Waals surface area contributed by atoms with E-state index in [4.69, 9.17) is 16.3 Å². The Labute approximate surface area is 134 Å². The van der Waals surface area contributed by atoms with Gasteiger partial charge in [-0.15, -0.1) is 0 Å². The van der Waals surface area contributed by atoms with Gasteiger partial charge in [-0.05, 0) is 31.5 Å². The lowest BCUT2D eigenvalue weighted by Gasteiger charge is -2.10. The maximum absolute atomic E-state index is 11.7. The van der Waals surface area contributed by atoms with E-state index < -0.39 is 0 Å². The lowest BCUT2D eigenvalue weighted by atomic mass is 10.2. The molecule has 0 aliphatic rings. The fourth-order valence-electron chi connectivity index (χ4n) is 1.89. The minimum absolute atomic E-state index is 0.261. The van der Waals surface area contributed by atoms with Gasteiger partial charge in [-0.1, -0.05) is 11.6 Å². The van der Waals surface area contributed by atoms with Gasteiger partial charge in [0, 0.05) is 37.8 Å². The molecule has 1 aromatic heterocycles. The molecule has 7 heteroatoms. The van der Waals surface area contributed by atoms with Gasteiger partial charge in [-0.2, -0.15) is 0 Å². The van der Waals surface area contributed by atoms with Crippen molar-refractivity contribution in [1.82, 2.24) is 14.9 Å². The normalized spacial score (nSPS) is 10.5. The van der Waals surface area contributed by atoms with E-state index in [-0.39, 0.29) is 6.03 Å². The highest BCUT2D eigenvalue weighted by Gasteiger charge is 2.06. The summed E-state index contributed by atoms with van der Waals surface area (Å²) in [5, 5.41) is 6.04. The maximum Gasteiger partial charge on any atom is 0.319 e. The lowest BCUT2D eigenvalue weighted by Crippen LogP contribution is -2.30. The molecule has 0 fully saturated rings. The van der Waals surface area contributed by atoms with E-state index in [1.807, 2.05) is 13.0 Å². The van der Waals surface area contributed by atoms with Crippen LogP contribution in [-0.2, 0) is 4.74 Å². The molecule has 0 aliphatic carbocycles. The second kappa shape index (κ2) is 8.41. The molecule has 118 valence electrons. The number of amides is 2. The number of anilines is 1. The highest BCUT2D eigenvalue weighted by molar-refractivity contribution is 6.32. The molecule has 0 radical (unpaired) electrons. The first-order valence-corrected chi connectivity index (χ1v) is 7.49. The molecule has 1 aromatic carbocycles. The monoisotopic (exact) mass is 322 g/mol. The Morgan fingerprint density at radius 3 is 3.00 bits per heavy atom. The molecule has 0 saturated heterocycles. The van der Waals surface area contributed by atoms with Crippen molar-refractivity contribution in [3.05, 3.63) is 41.9 Å². The van der Waals surface area contributed by atoms with E-state index >= 15 is 0 Å². The smallest absolute Gasteiger partial charge is 0.319 e. The summed E-state index contributed by atoms with van der Waals surface area (Å²) in [7, 11) is 0. The number of carbonyl (C=O) groups excluding carboxylic acids is 1. The van der Waals surface area contributed by atoms with E-state index in [1.165, 1.54) is 0 Å². The molecule has 0 atom stereocenters. The van der Waals surface area contributed by atoms with Crippen LogP contribution < -0.4 is 10.6 Å². The number of nitrogens with one attached hydrogen (secondary N) is 2. The van der Waals surface area contributed by atoms with Crippen molar-refractivity contribution in [3.63, 3.8) is 0 Å². The predicted octanol–water partition coefficient (Wildman–Crippen LogP) is 3.07. The van der Waals surface area contributed by atoms with Gasteiger partial charge in [0.25, 0.3) is 0 Å². The van der Waals surface area contributed by atoms with Crippen molar-refractivity contribution in [1.29, 1.82) is 0 Å². The summed E-state index contributed by atoms with van der Waals surface area (Å²) >= 11 is 6.23. The second-order valence-corrected chi connectivity index (χ2v) is 4.97. The minimum Gasteiger partial charge on any atom is -0.382 e. The Balaban J connectivity index is 1.85. The van der Waals surface area contributed by atoms with E-state index in [0.29, 0.717) is 30.5 Å². The maximum atomic E-state index is 11.7. The van der Waals surface area contributed by atoms with Crippen LogP contribution in [0.2, 0.25) is 5.02 Å². The van der Waals surface area contributed by atoms with Crippen LogP contribution in [0.1, 0.15) is 13.3 Å². The Bertz CT molecular complexity index is 602. The second-order valence-electron chi connectivity index (χ2n) is 4.57. The van der Waals surface area contributed by atoms with Gasteiger partial charge >= 0.3 is 6.03 Å². The summed E-state index contributed by atoms with van der Waals surface area (Å²) in [5.41, 5.74) is 1.44. The third-order valence-electron chi connectivity index (χ3n) is 2.94. The minimum atomic E-state index is -0.261. The van der Waals surface area contributed by atoms with Crippen LogP contribution in [0, 0.1) is 0 Å². The first-order valence-electron chi connectivity index (χ1n) is 7.11. The Morgan fingerprint density at radius 1 is 1.45 bits per heavy atom. The number of hydrogen-bond acceptors (Lipinski definition) is 3. The molecular formula is C15H19ClN4O2. The molecular weight excluding hydrogens is 304 g/mol. The van der Waals surface area contributed by atoms with Crippen LogP contribution in [-0.4, -0.2) is 35.3 Å². The number of carbonyl (C=O) groups is 1.